The summed E-state index contributed by atoms with van der Waals surface area (Å²) in [5.74, 6) is 0. The highest BCUT2D eigenvalue weighted by Crippen LogP contribution is 2.34. The predicted octanol–water partition coefficient (Wildman–Crippen LogP) is 4.37. The largest absolute Gasteiger partial charge is 0.243 e. The fraction of sp³-hybridized carbons (Fsp3) is 0.143. The fourth-order valence-electron chi connectivity index (χ4n) is 3.31. The fourth-order valence-corrected chi connectivity index (χ4v) is 4.70. The Morgan fingerprint density at radius 2 is 1.20 bits per heavy atom. The molecule has 0 atom stereocenters. The summed E-state index contributed by atoms with van der Waals surface area (Å²) in [4.78, 5) is 0.343. The Labute approximate surface area is 148 Å². The van der Waals surface area contributed by atoms with Gasteiger partial charge in [0.1, 0.15) is 0 Å². The van der Waals surface area contributed by atoms with Gasteiger partial charge < -0.3 is 0 Å². The number of benzene rings is 3. The molecule has 0 aliphatic carbocycles. The number of hydrogen-bond acceptors (Lipinski definition) is 2. The molecule has 1 heterocycles. The van der Waals surface area contributed by atoms with Gasteiger partial charge >= 0.3 is 0 Å². The lowest BCUT2D eigenvalue weighted by Gasteiger charge is -2.21. The van der Waals surface area contributed by atoms with E-state index >= 15 is 0 Å². The molecule has 0 spiro atoms. The first-order chi connectivity index (χ1) is 12.1. The second-order valence-electron chi connectivity index (χ2n) is 6.40. The van der Waals surface area contributed by atoms with Crippen molar-refractivity contribution in [3.63, 3.8) is 0 Å². The van der Waals surface area contributed by atoms with E-state index in [4.69, 9.17) is 0 Å². The molecule has 1 aliphatic heterocycles. The van der Waals surface area contributed by atoms with Crippen molar-refractivity contribution in [3.05, 3.63) is 89.5 Å². The van der Waals surface area contributed by atoms with Gasteiger partial charge in [-0.05, 0) is 41.3 Å². The molecular formula is C21H19NO2S. The highest BCUT2D eigenvalue weighted by atomic mass is 32.2. The van der Waals surface area contributed by atoms with Crippen molar-refractivity contribution in [1.82, 2.24) is 4.31 Å². The summed E-state index contributed by atoms with van der Waals surface area (Å²) >= 11 is 0. The summed E-state index contributed by atoms with van der Waals surface area (Å²) in [5, 5.41) is 0. The zero-order chi connectivity index (χ0) is 17.4. The van der Waals surface area contributed by atoms with E-state index in [0.717, 1.165) is 27.8 Å². The lowest BCUT2D eigenvalue weighted by molar-refractivity contribution is 0.405. The van der Waals surface area contributed by atoms with E-state index in [0.29, 0.717) is 18.0 Å². The molecule has 0 bridgehead atoms. The summed E-state index contributed by atoms with van der Waals surface area (Å²) < 4.78 is 28.0. The van der Waals surface area contributed by atoms with Gasteiger partial charge in [0.05, 0.1) is 4.90 Å². The Kier molecular flexibility index (Phi) is 3.94. The molecule has 4 rings (SSSR count). The van der Waals surface area contributed by atoms with Crippen molar-refractivity contribution in [1.29, 1.82) is 0 Å². The van der Waals surface area contributed by atoms with Crippen LogP contribution in [0.1, 0.15) is 16.7 Å². The van der Waals surface area contributed by atoms with Crippen LogP contribution in [0.3, 0.4) is 0 Å². The number of nitrogens with zero attached hydrogens (tertiary/aromatic N) is 1. The zero-order valence-electron chi connectivity index (χ0n) is 14.0. The molecule has 4 heteroatoms. The third-order valence-corrected chi connectivity index (χ3v) is 6.48. The van der Waals surface area contributed by atoms with Crippen molar-refractivity contribution in [2.24, 2.45) is 0 Å². The van der Waals surface area contributed by atoms with Gasteiger partial charge in [0.15, 0.2) is 0 Å². The molecule has 25 heavy (non-hydrogen) atoms. The van der Waals surface area contributed by atoms with Crippen LogP contribution in [0.15, 0.2) is 77.7 Å². The second-order valence-corrected chi connectivity index (χ2v) is 8.34. The van der Waals surface area contributed by atoms with Crippen LogP contribution in [0.4, 0.5) is 0 Å². The summed E-state index contributed by atoms with van der Waals surface area (Å²) in [6.45, 7) is 2.71. The van der Waals surface area contributed by atoms with Crippen LogP contribution in [0.2, 0.25) is 0 Å². The quantitative estimate of drug-likeness (QED) is 0.689. The molecule has 0 aromatic heterocycles. The number of rotatable bonds is 2. The average molecular weight is 349 g/mol. The van der Waals surface area contributed by atoms with Crippen LogP contribution >= 0.6 is 0 Å². The van der Waals surface area contributed by atoms with Crippen molar-refractivity contribution in [3.8, 4) is 11.1 Å². The van der Waals surface area contributed by atoms with Crippen LogP contribution in [0, 0.1) is 6.92 Å². The number of fused-ring (bicyclic) bond motifs is 3. The molecule has 3 nitrogen and oxygen atoms in total. The summed E-state index contributed by atoms with van der Waals surface area (Å²) in [6, 6.07) is 23.1. The summed E-state index contributed by atoms with van der Waals surface area (Å²) in [6.07, 6.45) is 0. The van der Waals surface area contributed by atoms with Crippen LogP contribution in [-0.2, 0) is 23.1 Å². The summed E-state index contributed by atoms with van der Waals surface area (Å²) in [7, 11) is -3.55. The topological polar surface area (TPSA) is 37.4 Å². The third kappa shape index (κ3) is 2.88. The van der Waals surface area contributed by atoms with Gasteiger partial charge in [-0.25, -0.2) is 8.42 Å². The van der Waals surface area contributed by atoms with Gasteiger partial charge in [-0.1, -0.05) is 66.2 Å². The molecular weight excluding hydrogens is 330 g/mol. The molecule has 0 fully saturated rings. The predicted molar refractivity (Wildman–Crippen MR) is 99.5 cm³/mol. The molecule has 126 valence electrons. The van der Waals surface area contributed by atoms with Crippen molar-refractivity contribution < 1.29 is 8.42 Å². The first-order valence-electron chi connectivity index (χ1n) is 8.29. The van der Waals surface area contributed by atoms with Gasteiger partial charge in [0.2, 0.25) is 10.0 Å². The minimum atomic E-state index is -3.55. The Hall–Kier alpha value is -2.43. The first-order valence-corrected chi connectivity index (χ1v) is 9.73. The number of aryl methyl sites for hydroxylation is 1. The van der Waals surface area contributed by atoms with E-state index in [1.165, 1.54) is 0 Å². The molecule has 0 unspecified atom stereocenters. The van der Waals surface area contributed by atoms with Crippen LogP contribution in [0.25, 0.3) is 11.1 Å². The smallest absolute Gasteiger partial charge is 0.207 e. The third-order valence-electron chi connectivity index (χ3n) is 4.68. The normalized spacial score (nSPS) is 14.4. The van der Waals surface area contributed by atoms with Gasteiger partial charge in [-0.2, -0.15) is 4.31 Å². The van der Waals surface area contributed by atoms with E-state index in [1.807, 2.05) is 55.5 Å². The van der Waals surface area contributed by atoms with Gasteiger partial charge in [-0.15, -0.1) is 0 Å². The van der Waals surface area contributed by atoms with E-state index in [9.17, 15) is 8.42 Å². The highest BCUT2D eigenvalue weighted by molar-refractivity contribution is 7.89. The Morgan fingerprint density at radius 1 is 0.720 bits per heavy atom. The maximum absolute atomic E-state index is 13.2. The van der Waals surface area contributed by atoms with Crippen LogP contribution in [0.5, 0.6) is 0 Å². The number of sulfonamides is 1. The molecule has 3 aromatic rings. The zero-order valence-corrected chi connectivity index (χ0v) is 14.8. The van der Waals surface area contributed by atoms with Crippen molar-refractivity contribution in [2.75, 3.05) is 0 Å². The molecule has 0 radical (unpaired) electrons. The standard InChI is InChI=1S/C21H19NO2S/c1-16-10-12-19(13-11-16)25(23,24)22-14-17-6-2-4-8-20(17)21-9-5-3-7-18(21)15-22/h2-13H,14-15H2,1H3. The molecule has 1 aliphatic rings. The monoisotopic (exact) mass is 349 g/mol. The molecule has 0 saturated carbocycles. The second kappa shape index (κ2) is 6.14. The van der Waals surface area contributed by atoms with E-state index in [-0.39, 0.29) is 0 Å². The van der Waals surface area contributed by atoms with E-state index in [2.05, 4.69) is 12.1 Å². The maximum atomic E-state index is 13.2. The van der Waals surface area contributed by atoms with Crippen LogP contribution in [-0.4, -0.2) is 12.7 Å². The average Bonchev–Trinajstić information content (AvgIpc) is 2.79. The number of hydrogen-bond donors (Lipinski definition) is 0. The molecule has 0 N–H and O–H groups in total. The maximum Gasteiger partial charge on any atom is 0.243 e. The molecule has 0 saturated heterocycles. The van der Waals surface area contributed by atoms with Crippen molar-refractivity contribution >= 4 is 10.0 Å². The van der Waals surface area contributed by atoms with Crippen LogP contribution < -0.4 is 0 Å². The highest BCUT2D eigenvalue weighted by Gasteiger charge is 2.28. The van der Waals surface area contributed by atoms with Gasteiger partial charge in [0.25, 0.3) is 0 Å². The SMILES string of the molecule is Cc1ccc(S(=O)(=O)N2Cc3ccccc3-c3ccccc3C2)cc1. The summed E-state index contributed by atoms with van der Waals surface area (Å²) in [5.41, 5.74) is 5.33. The van der Waals surface area contributed by atoms with E-state index < -0.39 is 10.0 Å². The van der Waals surface area contributed by atoms with Gasteiger partial charge in [0, 0.05) is 13.1 Å². The molecule has 0 amide bonds. The Balaban J connectivity index is 1.84. The minimum Gasteiger partial charge on any atom is -0.207 e. The molecule has 3 aromatic carbocycles. The van der Waals surface area contributed by atoms with Crippen molar-refractivity contribution in [2.45, 2.75) is 24.9 Å². The Morgan fingerprint density at radius 3 is 1.72 bits per heavy atom. The minimum absolute atomic E-state index is 0.343. The van der Waals surface area contributed by atoms with Gasteiger partial charge in [-0.3, -0.25) is 0 Å². The lowest BCUT2D eigenvalue weighted by Crippen LogP contribution is -2.29. The van der Waals surface area contributed by atoms with E-state index in [1.54, 1.807) is 16.4 Å². The first kappa shape index (κ1) is 16.1. The lowest BCUT2D eigenvalue weighted by atomic mass is 9.97. The Bertz CT molecular complexity index is 976.